The number of carbonyl (C=O) groups is 2. The van der Waals surface area contributed by atoms with Crippen molar-refractivity contribution in [3.05, 3.63) is 88.9 Å². The fraction of sp³-hybridized carbons (Fsp3) is 0.355. The van der Waals surface area contributed by atoms with Crippen LogP contribution in [0.2, 0.25) is 5.02 Å². The van der Waals surface area contributed by atoms with E-state index in [0.29, 0.717) is 18.7 Å². The molecule has 0 bridgehead atoms. The van der Waals surface area contributed by atoms with E-state index in [4.69, 9.17) is 16.3 Å². The number of nitrogens with one attached hydrogen (secondary N) is 1. The lowest BCUT2D eigenvalue weighted by atomic mass is 10.1. The third-order valence-corrected chi connectivity index (χ3v) is 8.81. The van der Waals surface area contributed by atoms with Crippen molar-refractivity contribution in [3.63, 3.8) is 0 Å². The largest absolute Gasteiger partial charge is 0.495 e. The minimum atomic E-state index is -4.18. The molecule has 41 heavy (non-hydrogen) atoms. The van der Waals surface area contributed by atoms with Gasteiger partial charge in [0.2, 0.25) is 11.8 Å². The number of benzene rings is 3. The summed E-state index contributed by atoms with van der Waals surface area (Å²) in [6.07, 6.45) is 2.09. The lowest BCUT2D eigenvalue weighted by molar-refractivity contribution is -0.140. The van der Waals surface area contributed by atoms with Crippen LogP contribution >= 0.6 is 11.6 Å². The zero-order valence-electron chi connectivity index (χ0n) is 24.0. The number of anilines is 1. The number of methoxy groups -OCH3 is 1. The van der Waals surface area contributed by atoms with Crippen molar-refractivity contribution in [2.24, 2.45) is 0 Å². The number of aryl methyl sites for hydroxylation is 1. The Kier molecular flexibility index (Phi) is 11.6. The van der Waals surface area contributed by atoms with Crippen molar-refractivity contribution in [1.29, 1.82) is 0 Å². The summed E-state index contributed by atoms with van der Waals surface area (Å²) in [5.41, 5.74) is 2.09. The van der Waals surface area contributed by atoms with E-state index >= 15 is 0 Å². The van der Waals surface area contributed by atoms with Gasteiger partial charge in [0.05, 0.1) is 22.7 Å². The molecule has 0 aliphatic rings. The smallest absolute Gasteiger partial charge is 0.264 e. The highest BCUT2D eigenvalue weighted by Crippen LogP contribution is 2.32. The second kappa shape index (κ2) is 14.9. The van der Waals surface area contributed by atoms with Crippen molar-refractivity contribution in [3.8, 4) is 5.75 Å². The van der Waals surface area contributed by atoms with Crippen molar-refractivity contribution in [2.45, 2.75) is 57.5 Å². The maximum atomic E-state index is 14.1. The fourth-order valence-electron chi connectivity index (χ4n) is 4.37. The van der Waals surface area contributed by atoms with Crippen LogP contribution in [0.25, 0.3) is 0 Å². The van der Waals surface area contributed by atoms with Gasteiger partial charge in [-0.05, 0) is 55.7 Å². The Bertz CT molecular complexity index is 1420. The Labute approximate surface area is 248 Å². The Morgan fingerprint density at radius 2 is 1.68 bits per heavy atom. The summed E-state index contributed by atoms with van der Waals surface area (Å²) in [6, 6.07) is 19.3. The first-order valence-electron chi connectivity index (χ1n) is 13.7. The molecule has 0 heterocycles. The van der Waals surface area contributed by atoms with Crippen molar-refractivity contribution in [1.82, 2.24) is 10.2 Å². The first kappa shape index (κ1) is 32.0. The van der Waals surface area contributed by atoms with Gasteiger partial charge in [-0.2, -0.15) is 0 Å². The summed E-state index contributed by atoms with van der Waals surface area (Å²) < 4.78 is 34.1. The standard InChI is InChI=1S/C31H38ClN3O5S/c1-5-7-19-33-31(37)28(6-2)34(21-24-15-13-23(3)14-16-24)30(36)22-35(25-17-18-29(40-4)27(32)20-25)41(38,39)26-11-9-8-10-12-26/h8-18,20,28H,5-7,19,21-22H2,1-4H3,(H,33,37)/t28-/m1/s1. The maximum Gasteiger partial charge on any atom is 0.264 e. The third kappa shape index (κ3) is 8.24. The van der Waals surface area contributed by atoms with E-state index in [2.05, 4.69) is 5.32 Å². The number of ether oxygens (including phenoxy) is 1. The highest BCUT2D eigenvalue weighted by molar-refractivity contribution is 7.92. The highest BCUT2D eigenvalue weighted by Gasteiger charge is 2.33. The van der Waals surface area contributed by atoms with E-state index in [-0.39, 0.29) is 28.1 Å². The summed E-state index contributed by atoms with van der Waals surface area (Å²) in [7, 11) is -2.72. The molecular weight excluding hydrogens is 562 g/mol. The SMILES string of the molecule is CCCCNC(=O)[C@@H](CC)N(Cc1ccc(C)cc1)C(=O)CN(c1ccc(OC)c(Cl)c1)S(=O)(=O)c1ccccc1. The van der Waals surface area contributed by atoms with Crippen LogP contribution in [0, 0.1) is 6.92 Å². The lowest BCUT2D eigenvalue weighted by Gasteiger charge is -2.33. The molecule has 0 aliphatic carbocycles. The number of amides is 2. The molecule has 1 N–H and O–H groups in total. The third-order valence-electron chi connectivity index (χ3n) is 6.72. The quantitative estimate of drug-likeness (QED) is 0.244. The molecule has 0 radical (unpaired) electrons. The molecule has 0 saturated carbocycles. The lowest BCUT2D eigenvalue weighted by Crippen LogP contribution is -2.52. The molecule has 0 aromatic heterocycles. The van der Waals surface area contributed by atoms with Crippen LogP contribution < -0.4 is 14.4 Å². The molecule has 3 aromatic rings. The van der Waals surface area contributed by atoms with Crippen molar-refractivity contribution in [2.75, 3.05) is 24.5 Å². The zero-order chi connectivity index (χ0) is 30.0. The van der Waals surface area contributed by atoms with E-state index in [0.717, 1.165) is 28.3 Å². The Morgan fingerprint density at radius 1 is 1.00 bits per heavy atom. The monoisotopic (exact) mass is 599 g/mol. The molecule has 8 nitrogen and oxygen atoms in total. The van der Waals surface area contributed by atoms with Gasteiger partial charge in [-0.1, -0.05) is 79.9 Å². The Morgan fingerprint density at radius 3 is 2.27 bits per heavy atom. The first-order valence-corrected chi connectivity index (χ1v) is 15.5. The molecule has 10 heteroatoms. The number of carbonyl (C=O) groups excluding carboxylic acids is 2. The second-order valence-electron chi connectivity index (χ2n) is 9.72. The Balaban J connectivity index is 2.05. The average molecular weight is 600 g/mol. The van der Waals surface area contributed by atoms with Crippen LogP contribution in [-0.2, 0) is 26.2 Å². The second-order valence-corrected chi connectivity index (χ2v) is 12.0. The molecule has 0 saturated heterocycles. The number of rotatable bonds is 14. The topological polar surface area (TPSA) is 96.0 Å². The molecule has 3 aromatic carbocycles. The van der Waals surface area contributed by atoms with Gasteiger partial charge in [-0.15, -0.1) is 0 Å². The predicted octanol–water partition coefficient (Wildman–Crippen LogP) is 5.58. The number of hydrogen-bond donors (Lipinski definition) is 1. The van der Waals surface area contributed by atoms with Crippen LogP contribution in [0.1, 0.15) is 44.2 Å². The van der Waals surface area contributed by atoms with E-state index in [1.54, 1.807) is 24.3 Å². The number of hydrogen-bond acceptors (Lipinski definition) is 5. The minimum absolute atomic E-state index is 0.0224. The van der Waals surface area contributed by atoms with E-state index in [1.807, 2.05) is 45.0 Å². The number of halogens is 1. The van der Waals surface area contributed by atoms with Gasteiger partial charge in [0, 0.05) is 13.1 Å². The molecule has 2 amide bonds. The molecule has 0 aliphatic heterocycles. The van der Waals surface area contributed by atoms with Crippen LogP contribution in [0.4, 0.5) is 5.69 Å². The fourth-order valence-corrected chi connectivity index (χ4v) is 6.05. The van der Waals surface area contributed by atoms with Gasteiger partial charge >= 0.3 is 0 Å². The Hall–Kier alpha value is -3.56. The van der Waals surface area contributed by atoms with E-state index < -0.39 is 28.5 Å². The summed E-state index contributed by atoms with van der Waals surface area (Å²) in [5.74, 6) is -0.421. The average Bonchev–Trinajstić information content (AvgIpc) is 2.97. The zero-order valence-corrected chi connectivity index (χ0v) is 25.5. The van der Waals surface area contributed by atoms with Crippen LogP contribution in [0.15, 0.2) is 77.7 Å². The molecule has 220 valence electrons. The molecule has 1 atom stereocenters. The molecule has 3 rings (SSSR count). The number of sulfonamides is 1. The summed E-state index contributed by atoms with van der Waals surface area (Å²) in [4.78, 5) is 28.8. The van der Waals surface area contributed by atoms with Crippen LogP contribution in [0.3, 0.4) is 0 Å². The molecule has 0 fully saturated rings. The van der Waals surface area contributed by atoms with Crippen molar-refractivity contribution < 1.29 is 22.7 Å². The van der Waals surface area contributed by atoms with E-state index in [9.17, 15) is 18.0 Å². The normalized spacial score (nSPS) is 11.9. The van der Waals surface area contributed by atoms with Gasteiger partial charge in [-0.25, -0.2) is 8.42 Å². The van der Waals surface area contributed by atoms with E-state index in [1.165, 1.54) is 36.3 Å². The number of unbranched alkanes of at least 4 members (excludes halogenated alkanes) is 1. The first-order chi connectivity index (χ1) is 19.6. The summed E-state index contributed by atoms with van der Waals surface area (Å²) >= 11 is 6.37. The minimum Gasteiger partial charge on any atom is -0.495 e. The van der Waals surface area contributed by atoms with Crippen LogP contribution in [-0.4, -0.2) is 51.4 Å². The highest BCUT2D eigenvalue weighted by atomic mass is 35.5. The van der Waals surface area contributed by atoms with Gasteiger partial charge in [-0.3, -0.25) is 13.9 Å². The van der Waals surface area contributed by atoms with Crippen LogP contribution in [0.5, 0.6) is 5.75 Å². The summed E-state index contributed by atoms with van der Waals surface area (Å²) in [6.45, 7) is 5.93. The van der Waals surface area contributed by atoms with Gasteiger partial charge in [0.1, 0.15) is 18.3 Å². The van der Waals surface area contributed by atoms with Gasteiger partial charge in [0.15, 0.2) is 0 Å². The molecule has 0 unspecified atom stereocenters. The predicted molar refractivity (Wildman–Crippen MR) is 163 cm³/mol. The summed E-state index contributed by atoms with van der Waals surface area (Å²) in [5, 5.41) is 3.13. The molecular formula is C31H38ClN3O5S. The van der Waals surface area contributed by atoms with Crippen molar-refractivity contribution >= 4 is 39.1 Å². The number of nitrogens with zero attached hydrogens (tertiary/aromatic N) is 2. The molecule has 0 spiro atoms. The maximum absolute atomic E-state index is 14.1. The van der Waals surface area contributed by atoms with Gasteiger partial charge < -0.3 is 15.0 Å². The van der Waals surface area contributed by atoms with Gasteiger partial charge in [0.25, 0.3) is 10.0 Å².